The van der Waals surface area contributed by atoms with E-state index in [1.54, 1.807) is 23.1 Å². The van der Waals surface area contributed by atoms with Gasteiger partial charge in [0.05, 0.1) is 5.56 Å². The van der Waals surface area contributed by atoms with Crippen LogP contribution in [0.25, 0.3) is 0 Å². The first-order chi connectivity index (χ1) is 12.0. The zero-order valence-corrected chi connectivity index (χ0v) is 15.3. The van der Waals surface area contributed by atoms with Crippen LogP contribution < -0.4 is 0 Å². The van der Waals surface area contributed by atoms with Crippen LogP contribution in [0.15, 0.2) is 46.9 Å². The summed E-state index contributed by atoms with van der Waals surface area (Å²) in [6.45, 7) is 3.43. The van der Waals surface area contributed by atoms with Gasteiger partial charge < -0.3 is 4.90 Å². The van der Waals surface area contributed by atoms with Gasteiger partial charge in [0, 0.05) is 37.2 Å². The van der Waals surface area contributed by atoms with E-state index in [0.29, 0.717) is 24.1 Å². The highest BCUT2D eigenvalue weighted by atomic mass is 79.9. The molecule has 1 heterocycles. The molecule has 0 spiro atoms. The third-order valence-electron chi connectivity index (χ3n) is 4.36. The van der Waals surface area contributed by atoms with Crippen molar-refractivity contribution >= 4 is 21.8 Å². The van der Waals surface area contributed by atoms with Crippen LogP contribution in [-0.2, 0) is 6.54 Å². The van der Waals surface area contributed by atoms with Gasteiger partial charge >= 0.3 is 0 Å². The van der Waals surface area contributed by atoms with Crippen molar-refractivity contribution in [3.8, 4) is 0 Å². The average Bonchev–Trinajstić information content (AvgIpc) is 2.82. The summed E-state index contributed by atoms with van der Waals surface area (Å²) in [6, 6.07) is 11.0. The molecule has 1 aliphatic rings. The van der Waals surface area contributed by atoms with E-state index in [-0.39, 0.29) is 17.3 Å². The van der Waals surface area contributed by atoms with Gasteiger partial charge in [-0.3, -0.25) is 9.69 Å². The Morgan fingerprint density at radius 2 is 1.76 bits per heavy atom. The summed E-state index contributed by atoms with van der Waals surface area (Å²) >= 11 is 3.20. The summed E-state index contributed by atoms with van der Waals surface area (Å²) in [5.74, 6) is -1.02. The molecule has 1 fully saturated rings. The summed E-state index contributed by atoms with van der Waals surface area (Å²) in [6.07, 6.45) is 0.824. The van der Waals surface area contributed by atoms with Gasteiger partial charge in [-0.25, -0.2) is 8.78 Å². The zero-order valence-electron chi connectivity index (χ0n) is 13.7. The van der Waals surface area contributed by atoms with E-state index in [1.165, 1.54) is 24.3 Å². The molecule has 2 aromatic rings. The molecule has 0 aliphatic carbocycles. The number of carbonyl (C=O) groups excluding carboxylic acids is 1. The van der Waals surface area contributed by atoms with E-state index in [2.05, 4.69) is 20.8 Å². The minimum absolute atomic E-state index is 0.107. The molecule has 3 rings (SSSR count). The summed E-state index contributed by atoms with van der Waals surface area (Å²) in [5.41, 5.74) is 1.15. The Hall–Kier alpha value is -1.79. The maximum Gasteiger partial charge on any atom is 0.256 e. The van der Waals surface area contributed by atoms with E-state index < -0.39 is 5.82 Å². The minimum Gasteiger partial charge on any atom is -0.337 e. The molecular weight excluding hydrogens is 390 g/mol. The fraction of sp³-hybridized carbons (Fsp3) is 0.316. The van der Waals surface area contributed by atoms with Crippen molar-refractivity contribution in [1.29, 1.82) is 0 Å². The van der Waals surface area contributed by atoms with E-state index in [0.717, 1.165) is 25.1 Å². The van der Waals surface area contributed by atoms with Crippen molar-refractivity contribution in [2.75, 3.05) is 26.2 Å². The first-order valence-electron chi connectivity index (χ1n) is 8.24. The highest BCUT2D eigenvalue weighted by Gasteiger charge is 2.22. The normalized spacial score (nSPS) is 15.9. The molecule has 25 heavy (non-hydrogen) atoms. The number of hydrogen-bond acceptors (Lipinski definition) is 2. The number of nitrogens with zero attached hydrogens (tertiary/aromatic N) is 2. The van der Waals surface area contributed by atoms with Gasteiger partial charge in [0.15, 0.2) is 0 Å². The molecule has 2 aromatic carbocycles. The number of rotatable bonds is 3. The highest BCUT2D eigenvalue weighted by molar-refractivity contribution is 9.10. The van der Waals surface area contributed by atoms with Gasteiger partial charge in [0.1, 0.15) is 11.6 Å². The topological polar surface area (TPSA) is 23.6 Å². The monoisotopic (exact) mass is 408 g/mol. The van der Waals surface area contributed by atoms with E-state index in [1.807, 2.05) is 0 Å². The quantitative estimate of drug-likeness (QED) is 0.763. The molecule has 1 saturated heterocycles. The molecule has 1 aliphatic heterocycles. The molecule has 0 unspecified atom stereocenters. The van der Waals surface area contributed by atoms with Crippen LogP contribution in [0.1, 0.15) is 22.3 Å². The molecule has 0 N–H and O–H groups in total. The Balaban J connectivity index is 1.62. The number of halogens is 3. The molecule has 0 aromatic heterocycles. The Morgan fingerprint density at radius 3 is 2.48 bits per heavy atom. The van der Waals surface area contributed by atoms with Gasteiger partial charge in [-0.15, -0.1) is 0 Å². The highest BCUT2D eigenvalue weighted by Crippen LogP contribution is 2.18. The van der Waals surface area contributed by atoms with Gasteiger partial charge in [0.25, 0.3) is 5.91 Å². The Kier molecular flexibility index (Phi) is 5.81. The molecular formula is C19H19BrF2N2O. The predicted octanol–water partition coefficient (Wildman–Crippen LogP) is 4.08. The number of amides is 1. The van der Waals surface area contributed by atoms with Crippen molar-refractivity contribution in [2.24, 2.45) is 0 Å². The molecule has 3 nitrogen and oxygen atoms in total. The van der Waals surface area contributed by atoms with Crippen LogP contribution in [0.2, 0.25) is 0 Å². The third kappa shape index (κ3) is 4.64. The SMILES string of the molecule is O=C(c1ccc(Br)cc1F)N1CCCN(Cc2ccc(F)cc2)CC1. The Morgan fingerprint density at radius 1 is 1.00 bits per heavy atom. The van der Waals surface area contributed by atoms with Crippen molar-refractivity contribution in [2.45, 2.75) is 13.0 Å². The lowest BCUT2D eigenvalue weighted by Crippen LogP contribution is -2.35. The standard InChI is InChI=1S/C19H19BrF2N2O/c20-15-4-7-17(18(22)12-15)19(25)24-9-1-8-23(10-11-24)13-14-2-5-16(21)6-3-14/h2-7,12H,1,8-11,13H2. The van der Waals surface area contributed by atoms with Crippen molar-refractivity contribution < 1.29 is 13.6 Å². The Bertz CT molecular complexity index is 752. The molecule has 0 radical (unpaired) electrons. The van der Waals surface area contributed by atoms with Crippen LogP contribution in [0.4, 0.5) is 8.78 Å². The molecule has 0 bridgehead atoms. The number of benzene rings is 2. The van der Waals surface area contributed by atoms with Gasteiger partial charge in [0.2, 0.25) is 0 Å². The van der Waals surface area contributed by atoms with Crippen LogP contribution in [0.3, 0.4) is 0 Å². The van der Waals surface area contributed by atoms with Crippen LogP contribution in [0, 0.1) is 11.6 Å². The lowest BCUT2D eigenvalue weighted by Gasteiger charge is -2.22. The summed E-state index contributed by atoms with van der Waals surface area (Å²) in [5, 5.41) is 0. The molecule has 0 atom stereocenters. The van der Waals surface area contributed by atoms with Gasteiger partial charge in [-0.05, 0) is 42.3 Å². The van der Waals surface area contributed by atoms with Crippen LogP contribution in [0.5, 0.6) is 0 Å². The van der Waals surface area contributed by atoms with Crippen LogP contribution >= 0.6 is 15.9 Å². The largest absolute Gasteiger partial charge is 0.337 e. The third-order valence-corrected chi connectivity index (χ3v) is 4.85. The predicted molar refractivity (Wildman–Crippen MR) is 96.3 cm³/mol. The van der Waals surface area contributed by atoms with Crippen molar-refractivity contribution in [1.82, 2.24) is 9.80 Å². The van der Waals surface area contributed by atoms with Crippen molar-refractivity contribution in [3.05, 3.63) is 69.7 Å². The number of carbonyl (C=O) groups is 1. The average molecular weight is 409 g/mol. The maximum atomic E-state index is 14.0. The van der Waals surface area contributed by atoms with E-state index >= 15 is 0 Å². The summed E-state index contributed by atoms with van der Waals surface area (Å²) in [4.78, 5) is 16.5. The minimum atomic E-state index is -0.508. The second-order valence-electron chi connectivity index (χ2n) is 6.17. The number of hydrogen-bond donors (Lipinski definition) is 0. The second kappa shape index (κ2) is 8.06. The van der Waals surface area contributed by atoms with Gasteiger partial charge in [-0.1, -0.05) is 28.1 Å². The fourth-order valence-electron chi connectivity index (χ4n) is 3.01. The smallest absolute Gasteiger partial charge is 0.256 e. The fourth-order valence-corrected chi connectivity index (χ4v) is 3.35. The van der Waals surface area contributed by atoms with E-state index in [9.17, 15) is 13.6 Å². The lowest BCUT2D eigenvalue weighted by molar-refractivity contribution is 0.0756. The Labute approximate surface area is 154 Å². The maximum absolute atomic E-state index is 14.0. The van der Waals surface area contributed by atoms with E-state index in [4.69, 9.17) is 0 Å². The summed E-state index contributed by atoms with van der Waals surface area (Å²) < 4.78 is 27.6. The zero-order chi connectivity index (χ0) is 17.8. The van der Waals surface area contributed by atoms with Gasteiger partial charge in [-0.2, -0.15) is 0 Å². The molecule has 6 heteroatoms. The molecule has 1 amide bonds. The second-order valence-corrected chi connectivity index (χ2v) is 7.09. The summed E-state index contributed by atoms with van der Waals surface area (Å²) in [7, 11) is 0. The first-order valence-corrected chi connectivity index (χ1v) is 9.03. The van der Waals surface area contributed by atoms with Crippen molar-refractivity contribution in [3.63, 3.8) is 0 Å². The van der Waals surface area contributed by atoms with Crippen LogP contribution in [-0.4, -0.2) is 41.9 Å². The first kappa shape index (κ1) is 18.0. The molecule has 0 saturated carbocycles. The lowest BCUT2D eigenvalue weighted by atomic mass is 10.2. The molecule has 132 valence electrons.